The Morgan fingerprint density at radius 3 is 2.00 bits per heavy atom. The monoisotopic (exact) mass is 108 g/mol. The molecule has 0 bridgehead atoms. The molecule has 0 aromatic rings. The van der Waals surface area contributed by atoms with Crippen molar-refractivity contribution in [3.8, 4) is 0 Å². The second kappa shape index (κ2) is 1.93. The van der Waals surface area contributed by atoms with Crippen molar-refractivity contribution in [2.24, 2.45) is 0 Å². The molecular formula is CH4S2Si. The van der Waals surface area contributed by atoms with Crippen molar-refractivity contribution in [3.63, 3.8) is 0 Å². The second-order valence-electron chi connectivity index (χ2n) is 0.519. The third kappa shape index (κ3) is 16.9. The largest absolute Gasteiger partial charge is 0.142 e. The van der Waals surface area contributed by atoms with Crippen molar-refractivity contribution in [2.75, 3.05) is 0 Å². The highest BCUT2D eigenvalue weighted by Gasteiger charge is 1.57. The molecule has 0 saturated heterocycles. The van der Waals surface area contributed by atoms with Crippen molar-refractivity contribution in [2.45, 2.75) is 0 Å². The lowest BCUT2D eigenvalue weighted by atomic mass is 11.9. The molecule has 0 aliphatic carbocycles. The van der Waals surface area contributed by atoms with Gasteiger partial charge in [-0.15, -0.1) is 12.6 Å². The van der Waals surface area contributed by atoms with E-state index in [1.54, 1.807) is 0 Å². The van der Waals surface area contributed by atoms with Crippen molar-refractivity contribution in [3.05, 3.63) is 0 Å². The summed E-state index contributed by atoms with van der Waals surface area (Å²) < 4.78 is 0.833. The van der Waals surface area contributed by atoms with Gasteiger partial charge in [0.05, 0.1) is 10.2 Å². The lowest BCUT2D eigenvalue weighted by molar-refractivity contribution is 4.01. The van der Waals surface area contributed by atoms with E-state index in [1.165, 1.54) is 0 Å². The van der Waals surface area contributed by atoms with Crippen LogP contribution in [-0.4, -0.2) is 14.1 Å². The summed E-state index contributed by atoms with van der Waals surface area (Å²) >= 11 is 8.22. The Balaban J connectivity index is 2.80. The van der Waals surface area contributed by atoms with Gasteiger partial charge in [0.25, 0.3) is 0 Å². The Labute approximate surface area is 39.4 Å². The molecule has 4 heavy (non-hydrogen) atoms. The first kappa shape index (κ1) is 4.66. The van der Waals surface area contributed by atoms with E-state index in [0.29, 0.717) is 0 Å². The maximum Gasteiger partial charge on any atom is 0.0604 e. The van der Waals surface area contributed by atoms with Crippen LogP contribution in [0.5, 0.6) is 0 Å². The Morgan fingerprint density at radius 1 is 2.00 bits per heavy atom. The fraction of sp³-hybridized carbons (Fsp3) is 0. The van der Waals surface area contributed by atoms with Crippen LogP contribution in [0.1, 0.15) is 0 Å². The average molecular weight is 108 g/mol. The zero-order valence-electron chi connectivity index (χ0n) is 2.36. The molecule has 0 N–H and O–H groups in total. The van der Waals surface area contributed by atoms with Crippen LogP contribution >= 0.6 is 24.8 Å². The molecule has 0 saturated carbocycles. The number of thiol groups is 1. The number of hydrogen-bond donors (Lipinski definition) is 1. The first-order valence-corrected chi connectivity index (χ1v) is 2.78. The van der Waals surface area contributed by atoms with E-state index >= 15 is 0 Å². The molecular weight excluding hydrogens is 104 g/mol. The van der Waals surface area contributed by atoms with Crippen LogP contribution in [0.4, 0.5) is 0 Å². The highest BCUT2D eigenvalue weighted by molar-refractivity contribution is 8.14. The molecule has 0 aromatic heterocycles. The van der Waals surface area contributed by atoms with E-state index in [-0.39, 0.29) is 0 Å². The maximum atomic E-state index is 4.46. The van der Waals surface area contributed by atoms with Gasteiger partial charge < -0.3 is 0 Å². The fourth-order valence-corrected chi connectivity index (χ4v) is 0. The third-order valence-corrected chi connectivity index (χ3v) is 0. The van der Waals surface area contributed by atoms with Crippen LogP contribution in [0, 0.1) is 0 Å². The fourth-order valence-electron chi connectivity index (χ4n) is 0. The van der Waals surface area contributed by atoms with E-state index in [1.807, 2.05) is 0 Å². The molecule has 0 aromatic carbocycles. The lowest BCUT2D eigenvalue weighted by Gasteiger charge is -1.60. The van der Waals surface area contributed by atoms with Gasteiger partial charge >= 0.3 is 0 Å². The molecule has 0 radical (unpaired) electrons. The van der Waals surface area contributed by atoms with Crippen LogP contribution in [-0.2, 0) is 0 Å². The third-order valence-electron chi connectivity index (χ3n) is 0. The van der Waals surface area contributed by atoms with Gasteiger partial charge in [0.2, 0.25) is 0 Å². The van der Waals surface area contributed by atoms with E-state index in [9.17, 15) is 0 Å². The first-order chi connectivity index (χ1) is 1.73. The minimum atomic E-state index is 0.833. The van der Waals surface area contributed by atoms with Gasteiger partial charge in [-0.25, -0.2) is 0 Å². The molecule has 0 rings (SSSR count). The summed E-state index contributed by atoms with van der Waals surface area (Å²) in [6.07, 6.45) is 0. The van der Waals surface area contributed by atoms with Gasteiger partial charge in [-0.2, -0.15) is 0 Å². The van der Waals surface area contributed by atoms with Gasteiger partial charge in [0.15, 0.2) is 0 Å². The molecule has 0 aliphatic heterocycles. The van der Waals surface area contributed by atoms with Crippen LogP contribution in [0.3, 0.4) is 0 Å². The summed E-state index contributed by atoms with van der Waals surface area (Å²) in [5.74, 6) is 0. The molecule has 0 unspecified atom stereocenters. The Morgan fingerprint density at radius 2 is 2.00 bits per heavy atom. The normalized spacial score (nSPS) is 7.25. The summed E-state index contributed by atoms with van der Waals surface area (Å²) in [6.45, 7) is 0. The molecule has 0 heterocycles. The summed E-state index contributed by atoms with van der Waals surface area (Å²) in [5.41, 5.74) is 0. The van der Waals surface area contributed by atoms with Gasteiger partial charge in [-0.05, 0) is 0 Å². The highest BCUT2D eigenvalue weighted by atomic mass is 32.1. The Bertz CT molecular complexity index is 29.0. The number of hydrogen-bond acceptors (Lipinski definition) is 1. The van der Waals surface area contributed by atoms with Crippen molar-refractivity contribution < 1.29 is 0 Å². The zero-order chi connectivity index (χ0) is 3.58. The van der Waals surface area contributed by atoms with E-state index in [4.69, 9.17) is 0 Å². The summed E-state index contributed by atoms with van der Waals surface area (Å²) in [6, 6.07) is 0. The summed E-state index contributed by atoms with van der Waals surface area (Å²) in [4.78, 5) is 0. The predicted octanol–water partition coefficient (Wildman–Crippen LogP) is -0.433. The lowest BCUT2D eigenvalue weighted by Crippen LogP contribution is -1.69. The molecule has 0 fully saturated rings. The Hall–Kier alpha value is 0.657. The standard InChI is InChI=1S/CH4S2Si/c2-1(3)4/h4H3,(H,2,3). The minimum Gasteiger partial charge on any atom is -0.142 e. The summed E-state index contributed by atoms with van der Waals surface area (Å²) in [7, 11) is 0.944. The molecule has 3 heteroatoms. The zero-order valence-corrected chi connectivity index (χ0v) is 6.07. The van der Waals surface area contributed by atoms with Gasteiger partial charge in [-0.1, -0.05) is 12.2 Å². The number of thiocarbonyl (C=S) groups is 1. The SMILES string of the molecule is [SiH3]C(=S)S. The van der Waals surface area contributed by atoms with E-state index < -0.39 is 0 Å². The molecule has 0 aliphatic rings. The molecule has 24 valence electrons. The Kier molecular flexibility index (Phi) is 2.25. The average Bonchev–Trinajstić information content (AvgIpc) is 0.811. The second-order valence-corrected chi connectivity index (χ2v) is 4.67. The summed E-state index contributed by atoms with van der Waals surface area (Å²) in [5, 5.41) is 0. The molecule has 0 amide bonds. The van der Waals surface area contributed by atoms with Crippen molar-refractivity contribution in [1.82, 2.24) is 0 Å². The first-order valence-electron chi connectivity index (χ1n) is 0.928. The molecule has 0 atom stereocenters. The van der Waals surface area contributed by atoms with E-state index in [2.05, 4.69) is 24.8 Å². The smallest absolute Gasteiger partial charge is 0.0604 e. The van der Waals surface area contributed by atoms with Crippen molar-refractivity contribution >= 4 is 38.9 Å². The highest BCUT2D eigenvalue weighted by Crippen LogP contribution is 1.67. The quantitative estimate of drug-likeness (QED) is 0.249. The van der Waals surface area contributed by atoms with Gasteiger partial charge in [0, 0.05) is 3.82 Å². The van der Waals surface area contributed by atoms with Crippen LogP contribution in [0.25, 0.3) is 0 Å². The van der Waals surface area contributed by atoms with E-state index in [0.717, 1.165) is 14.1 Å². The topological polar surface area (TPSA) is 0 Å². The van der Waals surface area contributed by atoms with Crippen LogP contribution in [0.15, 0.2) is 0 Å². The minimum absolute atomic E-state index is 0.833. The number of rotatable bonds is 0. The molecule has 0 spiro atoms. The maximum absolute atomic E-state index is 4.46. The predicted molar refractivity (Wildman–Crippen MR) is 31.5 cm³/mol. The molecule has 0 nitrogen and oxygen atoms in total. The van der Waals surface area contributed by atoms with Gasteiger partial charge in [0.1, 0.15) is 0 Å². The van der Waals surface area contributed by atoms with Crippen LogP contribution in [0.2, 0.25) is 0 Å². The van der Waals surface area contributed by atoms with Gasteiger partial charge in [-0.3, -0.25) is 0 Å². The van der Waals surface area contributed by atoms with Crippen molar-refractivity contribution in [1.29, 1.82) is 0 Å². The van der Waals surface area contributed by atoms with Crippen LogP contribution < -0.4 is 0 Å².